The SMILES string of the molecule is COc1ccccc1-c1noc(COC(=O)[C@H](C)N2C(=O)c3ccccc3C2=O)n1. The molecule has 3 aromatic rings. The first-order chi connectivity index (χ1) is 14.5. The molecule has 2 heterocycles. The van der Waals surface area contributed by atoms with Gasteiger partial charge in [0.25, 0.3) is 17.7 Å². The second-order valence-corrected chi connectivity index (χ2v) is 6.52. The van der Waals surface area contributed by atoms with Crippen molar-refractivity contribution >= 4 is 17.8 Å². The maximum atomic E-state index is 12.5. The van der Waals surface area contributed by atoms with Crippen LogP contribution < -0.4 is 4.74 Å². The molecule has 9 heteroatoms. The Bertz CT molecular complexity index is 1100. The molecule has 0 unspecified atom stereocenters. The van der Waals surface area contributed by atoms with Crippen LogP contribution in [0.5, 0.6) is 5.75 Å². The third-order valence-electron chi connectivity index (χ3n) is 4.71. The van der Waals surface area contributed by atoms with E-state index in [4.69, 9.17) is 14.0 Å². The topological polar surface area (TPSA) is 112 Å². The lowest BCUT2D eigenvalue weighted by molar-refractivity contribution is -0.149. The molecule has 0 saturated carbocycles. The number of benzene rings is 2. The zero-order valence-corrected chi connectivity index (χ0v) is 16.2. The minimum Gasteiger partial charge on any atom is -0.496 e. The van der Waals surface area contributed by atoms with Crippen LogP contribution in [0.15, 0.2) is 53.1 Å². The number of ether oxygens (including phenoxy) is 2. The molecule has 9 nitrogen and oxygen atoms in total. The zero-order valence-electron chi connectivity index (χ0n) is 16.2. The second kappa shape index (κ2) is 7.78. The molecule has 1 atom stereocenters. The Morgan fingerprint density at radius 1 is 1.03 bits per heavy atom. The van der Waals surface area contributed by atoms with Crippen LogP contribution >= 0.6 is 0 Å². The van der Waals surface area contributed by atoms with E-state index < -0.39 is 23.8 Å². The summed E-state index contributed by atoms with van der Waals surface area (Å²) in [6.07, 6.45) is 0. The molecule has 0 fully saturated rings. The van der Waals surface area contributed by atoms with Crippen molar-refractivity contribution in [2.75, 3.05) is 7.11 Å². The number of carbonyl (C=O) groups is 3. The van der Waals surface area contributed by atoms with Crippen molar-refractivity contribution < 1.29 is 28.4 Å². The summed E-state index contributed by atoms with van der Waals surface area (Å²) in [5.41, 5.74) is 1.15. The molecule has 152 valence electrons. The van der Waals surface area contributed by atoms with E-state index in [9.17, 15) is 14.4 Å². The first kappa shape index (κ1) is 19.3. The molecular formula is C21H17N3O6. The number of para-hydroxylation sites is 1. The van der Waals surface area contributed by atoms with Crippen LogP contribution in [0.2, 0.25) is 0 Å². The number of nitrogens with zero attached hydrogens (tertiary/aromatic N) is 3. The van der Waals surface area contributed by atoms with Crippen LogP contribution in [0.4, 0.5) is 0 Å². The number of methoxy groups -OCH3 is 1. The maximum Gasteiger partial charge on any atom is 0.329 e. The Morgan fingerprint density at radius 2 is 1.63 bits per heavy atom. The minimum atomic E-state index is -1.10. The number of aromatic nitrogens is 2. The minimum absolute atomic E-state index is 0.0683. The zero-order chi connectivity index (χ0) is 21.3. The highest BCUT2D eigenvalue weighted by Crippen LogP contribution is 2.27. The molecule has 30 heavy (non-hydrogen) atoms. The average molecular weight is 407 g/mol. The summed E-state index contributed by atoms with van der Waals surface area (Å²) in [4.78, 5) is 42.5. The van der Waals surface area contributed by atoms with E-state index in [2.05, 4.69) is 10.1 Å². The van der Waals surface area contributed by atoms with Crippen LogP contribution in [-0.2, 0) is 16.1 Å². The van der Waals surface area contributed by atoms with Crippen molar-refractivity contribution in [2.24, 2.45) is 0 Å². The highest BCUT2D eigenvalue weighted by atomic mass is 16.6. The summed E-state index contributed by atoms with van der Waals surface area (Å²) < 4.78 is 15.6. The molecule has 1 aliphatic rings. The quantitative estimate of drug-likeness (QED) is 0.452. The molecule has 2 amide bonds. The summed E-state index contributed by atoms with van der Waals surface area (Å²) >= 11 is 0. The maximum absolute atomic E-state index is 12.5. The van der Waals surface area contributed by atoms with Gasteiger partial charge in [-0.1, -0.05) is 29.4 Å². The number of carbonyl (C=O) groups excluding carboxylic acids is 3. The van der Waals surface area contributed by atoms with Gasteiger partial charge in [0.15, 0.2) is 6.61 Å². The molecule has 0 bridgehead atoms. The van der Waals surface area contributed by atoms with Gasteiger partial charge >= 0.3 is 5.97 Å². The lowest BCUT2D eigenvalue weighted by atomic mass is 10.1. The Hall–Kier alpha value is -4.01. The first-order valence-electron chi connectivity index (χ1n) is 9.10. The second-order valence-electron chi connectivity index (χ2n) is 6.52. The number of esters is 1. The van der Waals surface area contributed by atoms with E-state index in [-0.39, 0.29) is 29.4 Å². The van der Waals surface area contributed by atoms with Gasteiger partial charge in [-0.05, 0) is 31.2 Å². The average Bonchev–Trinajstić information content (AvgIpc) is 3.35. The van der Waals surface area contributed by atoms with Gasteiger partial charge in [0.1, 0.15) is 11.8 Å². The first-order valence-corrected chi connectivity index (χ1v) is 9.10. The van der Waals surface area contributed by atoms with Crippen LogP contribution in [-0.4, -0.2) is 46.0 Å². The molecule has 1 aliphatic heterocycles. The fourth-order valence-electron chi connectivity index (χ4n) is 3.17. The normalized spacial score (nSPS) is 13.9. The van der Waals surface area contributed by atoms with Gasteiger partial charge in [0.2, 0.25) is 5.82 Å². The Labute approximate surface area is 171 Å². The summed E-state index contributed by atoms with van der Waals surface area (Å²) in [7, 11) is 1.53. The van der Waals surface area contributed by atoms with E-state index in [1.807, 2.05) is 6.07 Å². The van der Waals surface area contributed by atoms with Crippen molar-refractivity contribution in [1.82, 2.24) is 15.0 Å². The van der Waals surface area contributed by atoms with Crippen molar-refractivity contribution in [3.8, 4) is 17.1 Å². The molecule has 0 aliphatic carbocycles. The smallest absolute Gasteiger partial charge is 0.329 e. The third-order valence-corrected chi connectivity index (χ3v) is 4.71. The van der Waals surface area contributed by atoms with Crippen molar-refractivity contribution in [3.63, 3.8) is 0 Å². The van der Waals surface area contributed by atoms with Gasteiger partial charge < -0.3 is 14.0 Å². The summed E-state index contributed by atoms with van der Waals surface area (Å²) in [6, 6.07) is 12.4. The molecule has 0 saturated heterocycles. The standard InChI is InChI=1S/C21H17N3O6/c1-12(24-19(25)13-7-3-4-8-14(13)20(24)26)21(27)29-11-17-22-18(23-30-17)15-9-5-6-10-16(15)28-2/h3-10,12H,11H2,1-2H3/t12-/m0/s1. The highest BCUT2D eigenvalue weighted by Gasteiger charge is 2.41. The third kappa shape index (κ3) is 3.30. The van der Waals surface area contributed by atoms with Crippen LogP contribution in [0.1, 0.15) is 33.5 Å². The van der Waals surface area contributed by atoms with E-state index in [1.54, 1.807) is 42.5 Å². The lowest BCUT2D eigenvalue weighted by Gasteiger charge is -2.20. The Morgan fingerprint density at radius 3 is 2.27 bits per heavy atom. The number of hydrogen-bond donors (Lipinski definition) is 0. The van der Waals surface area contributed by atoms with Crippen LogP contribution in [0.25, 0.3) is 11.4 Å². The number of hydrogen-bond acceptors (Lipinski definition) is 8. The van der Waals surface area contributed by atoms with Gasteiger partial charge in [-0.3, -0.25) is 14.5 Å². The van der Waals surface area contributed by atoms with Gasteiger partial charge in [-0.2, -0.15) is 4.98 Å². The molecule has 4 rings (SSSR count). The van der Waals surface area contributed by atoms with Gasteiger partial charge in [0, 0.05) is 0 Å². The summed E-state index contributed by atoms with van der Waals surface area (Å²) in [5.74, 6) is -0.902. The van der Waals surface area contributed by atoms with Crippen molar-refractivity contribution in [2.45, 2.75) is 19.6 Å². The molecule has 2 aromatic carbocycles. The van der Waals surface area contributed by atoms with Crippen molar-refractivity contribution in [1.29, 1.82) is 0 Å². The monoisotopic (exact) mass is 407 g/mol. The molecular weight excluding hydrogens is 390 g/mol. The highest BCUT2D eigenvalue weighted by molar-refractivity contribution is 6.22. The Balaban J connectivity index is 1.43. The summed E-state index contributed by atoms with van der Waals surface area (Å²) in [5, 5.41) is 3.87. The van der Waals surface area contributed by atoms with Gasteiger partial charge in [0.05, 0.1) is 23.8 Å². The number of imide groups is 1. The number of fused-ring (bicyclic) bond motifs is 1. The molecule has 1 aromatic heterocycles. The number of amides is 2. The van der Waals surface area contributed by atoms with E-state index in [0.29, 0.717) is 11.3 Å². The fraction of sp³-hybridized carbons (Fsp3) is 0.190. The number of rotatable bonds is 6. The predicted molar refractivity (Wildman–Crippen MR) is 102 cm³/mol. The fourth-order valence-corrected chi connectivity index (χ4v) is 3.17. The lowest BCUT2D eigenvalue weighted by Crippen LogP contribution is -2.43. The summed E-state index contributed by atoms with van der Waals surface area (Å²) in [6.45, 7) is 1.13. The van der Waals surface area contributed by atoms with E-state index >= 15 is 0 Å². The van der Waals surface area contributed by atoms with E-state index in [0.717, 1.165) is 4.90 Å². The molecule has 0 radical (unpaired) electrons. The van der Waals surface area contributed by atoms with Crippen LogP contribution in [0, 0.1) is 0 Å². The largest absolute Gasteiger partial charge is 0.496 e. The molecule has 0 N–H and O–H groups in total. The van der Waals surface area contributed by atoms with Gasteiger partial charge in [-0.15, -0.1) is 0 Å². The molecule has 0 spiro atoms. The predicted octanol–water partition coefficient (Wildman–Crippen LogP) is 2.47. The Kier molecular flexibility index (Phi) is 5.01. The van der Waals surface area contributed by atoms with Crippen molar-refractivity contribution in [3.05, 3.63) is 65.5 Å². The van der Waals surface area contributed by atoms with Crippen LogP contribution in [0.3, 0.4) is 0 Å². The van der Waals surface area contributed by atoms with E-state index in [1.165, 1.54) is 14.0 Å². The van der Waals surface area contributed by atoms with Gasteiger partial charge in [-0.25, -0.2) is 4.79 Å².